The molecule has 1 fully saturated rings. The molecule has 1 aromatic carbocycles. The van der Waals surface area contributed by atoms with Crippen molar-refractivity contribution in [3.63, 3.8) is 0 Å². The minimum atomic E-state index is -3.52. The first-order valence-electron chi connectivity index (χ1n) is 8.51. The predicted molar refractivity (Wildman–Crippen MR) is 101 cm³/mol. The molecule has 1 N–H and O–H groups in total. The first kappa shape index (κ1) is 17.4. The van der Waals surface area contributed by atoms with Gasteiger partial charge in [0.1, 0.15) is 5.01 Å². The van der Waals surface area contributed by atoms with E-state index < -0.39 is 10.0 Å². The number of hydrogen-bond donors (Lipinski definition) is 1. The molecular weight excluding hydrogens is 368 g/mol. The van der Waals surface area contributed by atoms with Gasteiger partial charge in [-0.1, -0.05) is 12.1 Å². The van der Waals surface area contributed by atoms with Gasteiger partial charge in [-0.25, -0.2) is 23.1 Å². The van der Waals surface area contributed by atoms with Crippen LogP contribution in [0.3, 0.4) is 0 Å². The van der Waals surface area contributed by atoms with Gasteiger partial charge >= 0.3 is 0 Å². The third-order valence-corrected chi connectivity index (χ3v) is 7.16. The van der Waals surface area contributed by atoms with E-state index in [1.165, 1.54) is 11.3 Å². The number of sulfonamides is 1. The van der Waals surface area contributed by atoms with E-state index in [1.807, 2.05) is 30.9 Å². The number of aromatic nitrogens is 3. The van der Waals surface area contributed by atoms with Gasteiger partial charge in [0.2, 0.25) is 10.0 Å². The molecule has 3 aromatic rings. The molecule has 1 aliphatic carbocycles. The lowest BCUT2D eigenvalue weighted by Gasteiger charge is -2.36. The van der Waals surface area contributed by atoms with E-state index in [2.05, 4.69) is 19.3 Å². The van der Waals surface area contributed by atoms with E-state index in [-0.39, 0.29) is 4.90 Å². The molecule has 1 saturated carbocycles. The summed E-state index contributed by atoms with van der Waals surface area (Å²) in [7, 11) is -3.52. The molecule has 0 spiro atoms. The Labute approximate surface area is 157 Å². The number of imidazole rings is 1. The molecule has 0 aliphatic heterocycles. The maximum atomic E-state index is 12.6. The molecule has 1 aliphatic rings. The van der Waals surface area contributed by atoms with Crippen LogP contribution in [0.5, 0.6) is 0 Å². The van der Waals surface area contributed by atoms with Crippen LogP contribution in [0.2, 0.25) is 0 Å². The molecule has 136 valence electrons. The molecule has 0 atom stereocenters. The predicted octanol–water partition coefficient (Wildman–Crippen LogP) is 3.24. The molecule has 26 heavy (non-hydrogen) atoms. The molecule has 8 heteroatoms. The summed E-state index contributed by atoms with van der Waals surface area (Å²) < 4.78 is 30.1. The second-order valence-corrected chi connectivity index (χ2v) is 9.30. The third kappa shape index (κ3) is 3.58. The summed E-state index contributed by atoms with van der Waals surface area (Å²) in [6.45, 7) is 2.39. The summed E-state index contributed by atoms with van der Waals surface area (Å²) in [5.74, 6) is 0.363. The molecule has 2 heterocycles. The maximum Gasteiger partial charge on any atom is 0.240 e. The van der Waals surface area contributed by atoms with Crippen molar-refractivity contribution in [1.82, 2.24) is 19.3 Å². The summed E-state index contributed by atoms with van der Waals surface area (Å²) in [6, 6.07) is 7.40. The van der Waals surface area contributed by atoms with Crippen molar-refractivity contribution >= 4 is 21.4 Å². The summed E-state index contributed by atoms with van der Waals surface area (Å²) in [5.41, 5.74) is 1.77. The number of nitrogens with one attached hydrogen (secondary N) is 1. The van der Waals surface area contributed by atoms with Crippen molar-refractivity contribution in [2.75, 3.05) is 6.54 Å². The van der Waals surface area contributed by atoms with Crippen molar-refractivity contribution in [3.8, 4) is 10.6 Å². The van der Waals surface area contributed by atoms with Gasteiger partial charge in [0.15, 0.2) is 0 Å². The Kier molecular flexibility index (Phi) is 4.64. The minimum absolute atomic E-state index is 0.285. The van der Waals surface area contributed by atoms with Crippen LogP contribution >= 0.6 is 11.3 Å². The van der Waals surface area contributed by atoms with Crippen molar-refractivity contribution in [3.05, 3.63) is 54.1 Å². The number of hydrogen-bond acceptors (Lipinski definition) is 5. The van der Waals surface area contributed by atoms with Gasteiger partial charge in [-0.3, -0.25) is 0 Å². The van der Waals surface area contributed by atoms with E-state index in [0.29, 0.717) is 18.5 Å². The van der Waals surface area contributed by atoms with Crippen LogP contribution in [0.25, 0.3) is 10.6 Å². The highest BCUT2D eigenvalue weighted by atomic mass is 32.2. The highest BCUT2D eigenvalue weighted by molar-refractivity contribution is 7.89. The third-order valence-electron chi connectivity index (χ3n) is 4.73. The van der Waals surface area contributed by atoms with Crippen LogP contribution < -0.4 is 4.72 Å². The van der Waals surface area contributed by atoms with Gasteiger partial charge in [-0.15, -0.1) is 11.3 Å². The van der Waals surface area contributed by atoms with E-state index in [9.17, 15) is 8.42 Å². The van der Waals surface area contributed by atoms with Crippen LogP contribution in [0.1, 0.15) is 24.6 Å². The lowest BCUT2D eigenvalue weighted by atomic mass is 9.80. The minimum Gasteiger partial charge on any atom is -0.334 e. The lowest BCUT2D eigenvalue weighted by molar-refractivity contribution is 0.200. The quantitative estimate of drug-likeness (QED) is 0.703. The molecule has 6 nitrogen and oxygen atoms in total. The van der Waals surface area contributed by atoms with E-state index in [0.717, 1.165) is 29.1 Å². The normalized spacial score (nSPS) is 20.0. The molecule has 2 aromatic heterocycles. The Morgan fingerprint density at radius 2 is 2.19 bits per heavy atom. The molecule has 0 amide bonds. The number of aryl methyl sites for hydroxylation is 1. The molecule has 4 rings (SSSR count). The SMILES string of the molecule is Cc1csc(-c2cccc(S(=O)(=O)NCC3CC(n4ccnc4)C3)c2)n1. The Hall–Kier alpha value is -2.03. The van der Waals surface area contributed by atoms with Crippen molar-refractivity contribution in [2.45, 2.75) is 30.7 Å². The lowest BCUT2D eigenvalue weighted by Crippen LogP contribution is -2.36. The number of benzene rings is 1. The van der Waals surface area contributed by atoms with E-state index >= 15 is 0 Å². The Bertz CT molecular complexity index is 990. The van der Waals surface area contributed by atoms with E-state index in [1.54, 1.807) is 24.4 Å². The Morgan fingerprint density at radius 1 is 1.35 bits per heavy atom. The van der Waals surface area contributed by atoms with Gasteiger partial charge < -0.3 is 4.57 Å². The van der Waals surface area contributed by atoms with Crippen molar-refractivity contribution < 1.29 is 8.42 Å². The Balaban J connectivity index is 1.39. The van der Waals surface area contributed by atoms with Crippen LogP contribution in [0.15, 0.2) is 53.3 Å². The standard InChI is InChI=1S/C18H20N4O2S2/c1-13-11-25-18(21-13)15-3-2-4-17(9-15)26(23,24)20-10-14-7-16(8-14)22-6-5-19-12-22/h2-6,9,11-12,14,16,20H,7-8,10H2,1H3. The number of thiazole rings is 1. The first-order chi connectivity index (χ1) is 12.5. The fourth-order valence-electron chi connectivity index (χ4n) is 3.19. The fourth-order valence-corrected chi connectivity index (χ4v) is 5.15. The zero-order valence-electron chi connectivity index (χ0n) is 14.4. The number of rotatable bonds is 6. The molecule has 0 radical (unpaired) electrons. The highest BCUT2D eigenvalue weighted by Gasteiger charge is 2.31. The monoisotopic (exact) mass is 388 g/mol. The maximum absolute atomic E-state index is 12.6. The van der Waals surface area contributed by atoms with Crippen LogP contribution in [-0.2, 0) is 10.0 Å². The fraction of sp³-hybridized carbons (Fsp3) is 0.333. The van der Waals surface area contributed by atoms with Gasteiger partial charge in [0, 0.05) is 41.6 Å². The van der Waals surface area contributed by atoms with E-state index in [4.69, 9.17) is 0 Å². The van der Waals surface area contributed by atoms with Crippen molar-refractivity contribution in [1.29, 1.82) is 0 Å². The number of nitrogens with zero attached hydrogens (tertiary/aromatic N) is 3. The summed E-state index contributed by atoms with van der Waals surface area (Å²) in [5, 5.41) is 2.80. The van der Waals surface area contributed by atoms with Gasteiger partial charge in [-0.2, -0.15) is 0 Å². The zero-order chi connectivity index (χ0) is 18.1. The molecule has 0 unspecified atom stereocenters. The topological polar surface area (TPSA) is 76.9 Å². The first-order valence-corrected chi connectivity index (χ1v) is 10.9. The average Bonchev–Trinajstić information content (AvgIpc) is 3.25. The summed E-state index contributed by atoms with van der Waals surface area (Å²) in [6.07, 6.45) is 7.48. The van der Waals surface area contributed by atoms with Gasteiger partial charge in [0.25, 0.3) is 0 Å². The second kappa shape index (κ2) is 6.94. The highest BCUT2D eigenvalue weighted by Crippen LogP contribution is 2.37. The summed E-state index contributed by atoms with van der Waals surface area (Å²) in [4.78, 5) is 8.77. The second-order valence-electron chi connectivity index (χ2n) is 6.67. The molecule has 0 bridgehead atoms. The smallest absolute Gasteiger partial charge is 0.240 e. The molecular formula is C18H20N4O2S2. The summed E-state index contributed by atoms with van der Waals surface area (Å²) >= 11 is 1.52. The molecule has 0 saturated heterocycles. The van der Waals surface area contributed by atoms with Crippen LogP contribution in [0, 0.1) is 12.8 Å². The largest absolute Gasteiger partial charge is 0.334 e. The Morgan fingerprint density at radius 3 is 2.88 bits per heavy atom. The van der Waals surface area contributed by atoms with Gasteiger partial charge in [-0.05, 0) is 37.8 Å². The average molecular weight is 389 g/mol. The van der Waals surface area contributed by atoms with Crippen LogP contribution in [-0.4, -0.2) is 29.5 Å². The van der Waals surface area contributed by atoms with Gasteiger partial charge in [0.05, 0.1) is 11.2 Å². The van der Waals surface area contributed by atoms with Crippen molar-refractivity contribution in [2.24, 2.45) is 5.92 Å². The zero-order valence-corrected chi connectivity index (χ0v) is 16.0. The van der Waals surface area contributed by atoms with Crippen LogP contribution in [0.4, 0.5) is 0 Å².